The van der Waals surface area contributed by atoms with Crippen LogP contribution in [0.1, 0.15) is 45.1 Å². The lowest BCUT2D eigenvalue weighted by Gasteiger charge is -2.24. The van der Waals surface area contributed by atoms with Gasteiger partial charge in [-0.05, 0) is 49.4 Å². The van der Waals surface area contributed by atoms with E-state index in [1.165, 1.54) is 31.2 Å². The first-order valence-electron chi connectivity index (χ1n) is 7.78. The van der Waals surface area contributed by atoms with Crippen molar-refractivity contribution < 1.29 is 4.74 Å². The Balaban J connectivity index is 1.86. The molecule has 2 rings (SSSR count). The van der Waals surface area contributed by atoms with Crippen LogP contribution < -0.4 is 10.1 Å². The van der Waals surface area contributed by atoms with Gasteiger partial charge >= 0.3 is 0 Å². The van der Waals surface area contributed by atoms with Gasteiger partial charge in [-0.3, -0.25) is 0 Å². The van der Waals surface area contributed by atoms with Crippen LogP contribution in [-0.2, 0) is 6.42 Å². The van der Waals surface area contributed by atoms with Crippen molar-refractivity contribution in [3.8, 4) is 5.75 Å². The fourth-order valence-electron chi connectivity index (χ4n) is 2.99. The number of hydrogen-bond donors (Lipinski definition) is 1. The highest BCUT2D eigenvalue weighted by Crippen LogP contribution is 2.28. The largest absolute Gasteiger partial charge is 0.492 e. The second kappa shape index (κ2) is 7.54. The van der Waals surface area contributed by atoms with Gasteiger partial charge in [-0.15, -0.1) is 0 Å². The Morgan fingerprint density at radius 1 is 1.16 bits per heavy atom. The smallest absolute Gasteiger partial charge is 0.119 e. The summed E-state index contributed by atoms with van der Waals surface area (Å²) >= 11 is 0. The predicted molar refractivity (Wildman–Crippen MR) is 80.7 cm³/mol. The van der Waals surface area contributed by atoms with Gasteiger partial charge in [0.25, 0.3) is 0 Å². The maximum atomic E-state index is 5.97. The average Bonchev–Trinajstić information content (AvgIpc) is 2.98. The molecule has 1 fully saturated rings. The summed E-state index contributed by atoms with van der Waals surface area (Å²) in [5.74, 6) is 1.80. The van der Waals surface area contributed by atoms with Crippen LogP contribution in [0.4, 0.5) is 0 Å². The van der Waals surface area contributed by atoms with Crippen molar-refractivity contribution in [1.29, 1.82) is 0 Å². The lowest BCUT2D eigenvalue weighted by molar-refractivity contribution is 0.219. The van der Waals surface area contributed by atoms with E-state index in [0.717, 1.165) is 31.2 Å². The van der Waals surface area contributed by atoms with Crippen LogP contribution in [-0.4, -0.2) is 19.2 Å². The molecule has 0 bridgehead atoms. The molecular formula is C17H27NO. The molecule has 106 valence electrons. The minimum absolute atomic E-state index is 0.512. The van der Waals surface area contributed by atoms with Crippen molar-refractivity contribution in [2.75, 3.05) is 13.2 Å². The standard InChI is InChI=1S/C17H27NO/c1-3-14-9-11-16(12-10-14)19-13-17(18-4-2)15-7-5-6-8-15/h9-12,15,17-18H,3-8,13H2,1-2H3. The zero-order chi connectivity index (χ0) is 13.5. The van der Waals surface area contributed by atoms with Gasteiger partial charge < -0.3 is 10.1 Å². The second-order valence-corrected chi connectivity index (χ2v) is 5.52. The molecule has 19 heavy (non-hydrogen) atoms. The number of likely N-dealkylation sites (N-methyl/N-ethyl adjacent to an activating group) is 1. The number of benzene rings is 1. The molecule has 0 heterocycles. The van der Waals surface area contributed by atoms with Gasteiger partial charge in [-0.2, -0.15) is 0 Å². The van der Waals surface area contributed by atoms with E-state index in [2.05, 4.69) is 43.4 Å². The quantitative estimate of drug-likeness (QED) is 0.806. The van der Waals surface area contributed by atoms with E-state index in [4.69, 9.17) is 4.74 Å². The Kier molecular flexibility index (Phi) is 5.71. The van der Waals surface area contributed by atoms with Crippen molar-refractivity contribution in [3.05, 3.63) is 29.8 Å². The molecule has 1 unspecified atom stereocenters. The van der Waals surface area contributed by atoms with E-state index in [9.17, 15) is 0 Å². The van der Waals surface area contributed by atoms with Crippen LogP contribution in [0.15, 0.2) is 24.3 Å². The number of nitrogens with one attached hydrogen (secondary N) is 1. The Morgan fingerprint density at radius 3 is 2.42 bits per heavy atom. The molecule has 0 saturated heterocycles. The van der Waals surface area contributed by atoms with Crippen LogP contribution in [0.25, 0.3) is 0 Å². The third-order valence-electron chi connectivity index (χ3n) is 4.20. The predicted octanol–water partition coefficient (Wildman–Crippen LogP) is 3.80. The second-order valence-electron chi connectivity index (χ2n) is 5.52. The highest BCUT2D eigenvalue weighted by atomic mass is 16.5. The lowest BCUT2D eigenvalue weighted by atomic mass is 9.99. The molecule has 0 radical (unpaired) electrons. The molecule has 1 N–H and O–H groups in total. The van der Waals surface area contributed by atoms with E-state index in [0.29, 0.717) is 6.04 Å². The zero-order valence-electron chi connectivity index (χ0n) is 12.3. The molecule has 1 atom stereocenters. The summed E-state index contributed by atoms with van der Waals surface area (Å²) in [7, 11) is 0. The normalized spacial score (nSPS) is 17.6. The SMILES string of the molecule is CCNC(COc1ccc(CC)cc1)C1CCCC1. The summed E-state index contributed by atoms with van der Waals surface area (Å²) < 4.78 is 5.97. The topological polar surface area (TPSA) is 21.3 Å². The Morgan fingerprint density at radius 2 is 1.84 bits per heavy atom. The first-order valence-corrected chi connectivity index (χ1v) is 7.78. The van der Waals surface area contributed by atoms with E-state index in [1.54, 1.807) is 0 Å². The highest BCUT2D eigenvalue weighted by molar-refractivity contribution is 5.27. The number of aryl methyl sites for hydroxylation is 1. The van der Waals surface area contributed by atoms with Crippen LogP contribution in [0.3, 0.4) is 0 Å². The number of ether oxygens (including phenoxy) is 1. The van der Waals surface area contributed by atoms with Crippen LogP contribution in [0.5, 0.6) is 5.75 Å². The molecule has 1 aromatic carbocycles. The van der Waals surface area contributed by atoms with Crippen molar-refractivity contribution in [3.63, 3.8) is 0 Å². The van der Waals surface area contributed by atoms with Gasteiger partial charge in [0.05, 0.1) is 0 Å². The molecule has 0 amide bonds. The van der Waals surface area contributed by atoms with Gasteiger partial charge in [0.1, 0.15) is 12.4 Å². The molecule has 1 aromatic rings. The van der Waals surface area contributed by atoms with E-state index in [1.807, 2.05) is 0 Å². The minimum Gasteiger partial charge on any atom is -0.492 e. The summed E-state index contributed by atoms with van der Waals surface area (Å²) in [4.78, 5) is 0. The van der Waals surface area contributed by atoms with E-state index < -0.39 is 0 Å². The summed E-state index contributed by atoms with van der Waals surface area (Å²) in [5, 5.41) is 3.59. The van der Waals surface area contributed by atoms with Crippen LogP contribution >= 0.6 is 0 Å². The van der Waals surface area contributed by atoms with Crippen molar-refractivity contribution in [2.24, 2.45) is 5.92 Å². The molecule has 0 aromatic heterocycles. The van der Waals surface area contributed by atoms with Gasteiger partial charge in [0.2, 0.25) is 0 Å². The van der Waals surface area contributed by atoms with Gasteiger partial charge in [-0.25, -0.2) is 0 Å². The fourth-order valence-corrected chi connectivity index (χ4v) is 2.99. The van der Waals surface area contributed by atoms with E-state index in [-0.39, 0.29) is 0 Å². The van der Waals surface area contributed by atoms with E-state index >= 15 is 0 Å². The maximum absolute atomic E-state index is 5.97. The summed E-state index contributed by atoms with van der Waals surface area (Å²) in [5.41, 5.74) is 1.37. The molecule has 2 heteroatoms. The monoisotopic (exact) mass is 261 g/mol. The number of rotatable bonds is 7. The molecule has 1 saturated carbocycles. The molecular weight excluding hydrogens is 234 g/mol. The minimum atomic E-state index is 0.512. The maximum Gasteiger partial charge on any atom is 0.119 e. The first kappa shape index (κ1) is 14.4. The fraction of sp³-hybridized carbons (Fsp3) is 0.647. The first-order chi connectivity index (χ1) is 9.33. The Hall–Kier alpha value is -1.02. The van der Waals surface area contributed by atoms with Crippen LogP contribution in [0, 0.1) is 5.92 Å². The van der Waals surface area contributed by atoms with Crippen molar-refractivity contribution >= 4 is 0 Å². The lowest BCUT2D eigenvalue weighted by Crippen LogP contribution is -2.40. The van der Waals surface area contributed by atoms with Gasteiger partial charge in [0, 0.05) is 6.04 Å². The summed E-state index contributed by atoms with van der Waals surface area (Å²) in [6.45, 7) is 6.18. The zero-order valence-corrected chi connectivity index (χ0v) is 12.3. The average molecular weight is 261 g/mol. The Bertz CT molecular complexity index is 354. The molecule has 0 spiro atoms. The molecule has 2 nitrogen and oxygen atoms in total. The molecule has 1 aliphatic rings. The number of hydrogen-bond acceptors (Lipinski definition) is 2. The van der Waals surface area contributed by atoms with Gasteiger partial charge in [0.15, 0.2) is 0 Å². The highest BCUT2D eigenvalue weighted by Gasteiger charge is 2.24. The third kappa shape index (κ3) is 4.24. The van der Waals surface area contributed by atoms with Gasteiger partial charge in [-0.1, -0.05) is 38.8 Å². The molecule has 0 aliphatic heterocycles. The van der Waals surface area contributed by atoms with Crippen LogP contribution in [0.2, 0.25) is 0 Å². The van der Waals surface area contributed by atoms with Crippen molar-refractivity contribution in [2.45, 2.75) is 52.0 Å². The Labute approximate surface area is 117 Å². The summed E-state index contributed by atoms with van der Waals surface area (Å²) in [6.07, 6.45) is 6.57. The summed E-state index contributed by atoms with van der Waals surface area (Å²) in [6, 6.07) is 9.02. The van der Waals surface area contributed by atoms with Crippen molar-refractivity contribution in [1.82, 2.24) is 5.32 Å². The third-order valence-corrected chi connectivity index (χ3v) is 4.20. The molecule has 1 aliphatic carbocycles.